The van der Waals surface area contributed by atoms with Crippen LogP contribution in [0.15, 0.2) is 76.6 Å². The Morgan fingerprint density at radius 2 is 1.78 bits per heavy atom. The number of halogens is 1. The van der Waals surface area contributed by atoms with Gasteiger partial charge in [0.2, 0.25) is 5.91 Å². The Bertz CT molecular complexity index is 1710. The van der Waals surface area contributed by atoms with Crippen molar-refractivity contribution in [2.75, 3.05) is 14.2 Å². The van der Waals surface area contributed by atoms with Gasteiger partial charge in [0.05, 0.1) is 31.5 Å². The lowest BCUT2D eigenvalue weighted by Gasteiger charge is -2.24. The van der Waals surface area contributed by atoms with E-state index in [-0.39, 0.29) is 37.1 Å². The Balaban J connectivity index is 1.68. The number of nitrogens with zero attached hydrogens (tertiary/aromatic N) is 2. The number of nitrogens with one attached hydrogen (secondary N) is 1. The summed E-state index contributed by atoms with van der Waals surface area (Å²) in [7, 11) is 3.08. The molecule has 41 heavy (non-hydrogen) atoms. The highest BCUT2D eigenvalue weighted by atomic mass is 35.5. The van der Waals surface area contributed by atoms with E-state index in [0.29, 0.717) is 44.4 Å². The van der Waals surface area contributed by atoms with Crippen LogP contribution in [0.5, 0.6) is 11.5 Å². The minimum absolute atomic E-state index is 0.0238. The fourth-order valence-corrected chi connectivity index (χ4v) is 5.30. The molecule has 0 unspecified atom stereocenters. The largest absolute Gasteiger partial charge is 0.497 e. The number of rotatable bonds is 9. The molecule has 1 aromatic heterocycles. The van der Waals surface area contributed by atoms with Crippen molar-refractivity contribution in [1.82, 2.24) is 9.99 Å². The maximum atomic E-state index is 13.7. The molecule has 1 amide bonds. The average molecular weight is 574 g/mol. The van der Waals surface area contributed by atoms with Gasteiger partial charge >= 0.3 is 5.97 Å². The van der Waals surface area contributed by atoms with Gasteiger partial charge in [-0.25, -0.2) is 5.01 Å². The molecule has 2 heterocycles. The number of aromatic amines is 1. The van der Waals surface area contributed by atoms with E-state index in [1.54, 1.807) is 37.4 Å². The van der Waals surface area contributed by atoms with Crippen molar-refractivity contribution < 1.29 is 24.2 Å². The number of H-pyrrole nitrogens is 1. The third kappa shape index (κ3) is 5.67. The predicted molar refractivity (Wildman–Crippen MR) is 157 cm³/mol. The van der Waals surface area contributed by atoms with Crippen LogP contribution >= 0.6 is 11.6 Å². The molecule has 3 aromatic carbocycles. The van der Waals surface area contributed by atoms with Gasteiger partial charge in [0, 0.05) is 46.3 Å². The second kappa shape index (κ2) is 11.9. The molecule has 0 aliphatic carbocycles. The van der Waals surface area contributed by atoms with Gasteiger partial charge in [-0.3, -0.25) is 14.4 Å². The van der Waals surface area contributed by atoms with E-state index in [0.717, 1.165) is 10.9 Å². The van der Waals surface area contributed by atoms with Gasteiger partial charge in [0.15, 0.2) is 0 Å². The van der Waals surface area contributed by atoms with Gasteiger partial charge in [-0.1, -0.05) is 41.9 Å². The molecule has 0 saturated carbocycles. The quantitative estimate of drug-likeness (QED) is 0.261. The molecule has 5 rings (SSSR count). The van der Waals surface area contributed by atoms with Crippen LogP contribution in [0.2, 0.25) is 5.02 Å². The number of carbonyl (C=O) groups is 2. The van der Waals surface area contributed by atoms with Crippen molar-refractivity contribution in [2.45, 2.75) is 31.7 Å². The SMILES string of the molecule is COc1ccc(OC)c([C@H]2CC(c3c(-c4ccc(Cl)cc4)c4ccccc4[nH]c3=O)=NN2C(=O)CCCC(=O)O)c1. The van der Waals surface area contributed by atoms with Gasteiger partial charge in [0.1, 0.15) is 11.5 Å². The molecule has 0 saturated heterocycles. The van der Waals surface area contributed by atoms with E-state index in [1.165, 1.54) is 12.1 Å². The van der Waals surface area contributed by atoms with E-state index in [4.69, 9.17) is 31.3 Å². The second-order valence-corrected chi connectivity index (χ2v) is 10.1. The number of aliphatic carboxylic acids is 1. The number of hydrogen-bond donors (Lipinski definition) is 2. The number of pyridine rings is 1. The molecule has 4 aromatic rings. The highest BCUT2D eigenvalue weighted by molar-refractivity contribution is 6.30. The fourth-order valence-electron chi connectivity index (χ4n) is 5.17. The molecule has 1 atom stereocenters. The van der Waals surface area contributed by atoms with Crippen molar-refractivity contribution in [3.63, 3.8) is 0 Å². The minimum Gasteiger partial charge on any atom is -0.497 e. The van der Waals surface area contributed by atoms with Crippen LogP contribution in [-0.4, -0.2) is 46.9 Å². The number of hydrazone groups is 1. The number of para-hydroxylation sites is 1. The Labute approximate surface area is 241 Å². The van der Waals surface area contributed by atoms with Crippen molar-refractivity contribution in [3.05, 3.63) is 93.2 Å². The molecular formula is C31H28ClN3O6. The van der Waals surface area contributed by atoms with Crippen LogP contribution in [0.3, 0.4) is 0 Å². The summed E-state index contributed by atoms with van der Waals surface area (Å²) in [5, 5.41) is 16.5. The Morgan fingerprint density at radius 1 is 1.02 bits per heavy atom. The number of carboxylic acids is 1. The zero-order valence-corrected chi connectivity index (χ0v) is 23.3. The number of aromatic nitrogens is 1. The lowest BCUT2D eigenvalue weighted by Crippen LogP contribution is -2.27. The first-order chi connectivity index (χ1) is 19.8. The molecule has 10 heteroatoms. The number of methoxy groups -OCH3 is 2. The van der Waals surface area contributed by atoms with Crippen molar-refractivity contribution in [1.29, 1.82) is 0 Å². The number of fused-ring (bicyclic) bond motifs is 1. The molecule has 0 fully saturated rings. The first-order valence-electron chi connectivity index (χ1n) is 13.0. The number of amides is 1. The Hall–Kier alpha value is -4.63. The molecule has 9 nitrogen and oxygen atoms in total. The summed E-state index contributed by atoms with van der Waals surface area (Å²) in [5.41, 5.74) is 3.19. The number of carbonyl (C=O) groups excluding carboxylic acids is 1. The van der Waals surface area contributed by atoms with Crippen LogP contribution in [0, 0.1) is 0 Å². The summed E-state index contributed by atoms with van der Waals surface area (Å²) in [4.78, 5) is 41.2. The first kappa shape index (κ1) is 27.9. The lowest BCUT2D eigenvalue weighted by molar-refractivity contribution is -0.137. The summed E-state index contributed by atoms with van der Waals surface area (Å²) in [5.74, 6) is -0.245. The van der Waals surface area contributed by atoms with Crippen molar-refractivity contribution >= 4 is 40.1 Å². The minimum atomic E-state index is -0.982. The van der Waals surface area contributed by atoms with E-state index < -0.39 is 12.0 Å². The maximum absolute atomic E-state index is 13.7. The summed E-state index contributed by atoms with van der Waals surface area (Å²) in [6.07, 6.45) is 0.207. The summed E-state index contributed by atoms with van der Waals surface area (Å²) in [6, 6.07) is 19.4. The zero-order chi connectivity index (χ0) is 29.1. The zero-order valence-electron chi connectivity index (χ0n) is 22.5. The summed E-state index contributed by atoms with van der Waals surface area (Å²) < 4.78 is 11.1. The highest BCUT2D eigenvalue weighted by Gasteiger charge is 2.37. The van der Waals surface area contributed by atoms with Crippen LogP contribution < -0.4 is 15.0 Å². The summed E-state index contributed by atoms with van der Waals surface area (Å²) in [6.45, 7) is 0. The standard InChI is InChI=1S/C31H28ClN3O6/c1-40-20-14-15-26(41-2)22(16-20)25-17-24(34-35(25)27(36)8-5-9-28(37)38)30-29(18-10-12-19(32)13-11-18)21-6-3-4-7-23(21)33-31(30)39/h3-4,6-7,10-16,25H,5,8-9,17H2,1-2H3,(H,33,39)(H,37,38)/t25-/m1/s1. The number of benzene rings is 3. The molecule has 0 bridgehead atoms. The van der Waals surface area contributed by atoms with Gasteiger partial charge < -0.3 is 19.6 Å². The molecule has 0 radical (unpaired) electrons. The molecule has 2 N–H and O–H groups in total. The van der Waals surface area contributed by atoms with Crippen molar-refractivity contribution in [2.24, 2.45) is 5.10 Å². The van der Waals surface area contributed by atoms with Gasteiger partial charge in [-0.15, -0.1) is 0 Å². The normalized spacial score (nSPS) is 14.7. The van der Waals surface area contributed by atoms with Crippen LogP contribution in [-0.2, 0) is 9.59 Å². The summed E-state index contributed by atoms with van der Waals surface area (Å²) >= 11 is 6.18. The number of ether oxygens (including phenoxy) is 2. The number of hydrogen-bond acceptors (Lipinski definition) is 6. The van der Waals surface area contributed by atoms with Gasteiger partial charge in [-0.2, -0.15) is 5.10 Å². The van der Waals surface area contributed by atoms with E-state index in [2.05, 4.69) is 4.98 Å². The van der Waals surface area contributed by atoms with Gasteiger partial charge in [-0.05, 0) is 48.4 Å². The molecule has 210 valence electrons. The van der Waals surface area contributed by atoms with Crippen LogP contribution in [0.25, 0.3) is 22.0 Å². The first-order valence-corrected chi connectivity index (χ1v) is 13.4. The third-order valence-electron chi connectivity index (χ3n) is 7.09. The van der Waals surface area contributed by atoms with Gasteiger partial charge in [0.25, 0.3) is 5.56 Å². The van der Waals surface area contributed by atoms with E-state index in [9.17, 15) is 14.4 Å². The predicted octanol–water partition coefficient (Wildman–Crippen LogP) is 5.80. The smallest absolute Gasteiger partial charge is 0.303 e. The van der Waals surface area contributed by atoms with E-state index in [1.807, 2.05) is 36.4 Å². The average Bonchev–Trinajstić information content (AvgIpc) is 3.41. The van der Waals surface area contributed by atoms with Crippen LogP contribution in [0.1, 0.15) is 42.9 Å². The second-order valence-electron chi connectivity index (χ2n) is 9.62. The Kier molecular flexibility index (Phi) is 8.07. The fraction of sp³-hybridized carbons (Fsp3) is 0.226. The topological polar surface area (TPSA) is 121 Å². The van der Waals surface area contributed by atoms with Crippen molar-refractivity contribution in [3.8, 4) is 22.6 Å². The third-order valence-corrected chi connectivity index (χ3v) is 7.34. The lowest BCUT2D eigenvalue weighted by atomic mass is 9.90. The number of carboxylic acid groups (broad SMARTS) is 1. The Morgan fingerprint density at radius 3 is 2.49 bits per heavy atom. The maximum Gasteiger partial charge on any atom is 0.303 e. The highest BCUT2D eigenvalue weighted by Crippen LogP contribution is 2.41. The molecule has 0 spiro atoms. The molecule has 1 aliphatic rings. The van der Waals surface area contributed by atoms with E-state index >= 15 is 0 Å². The van der Waals surface area contributed by atoms with Crippen LogP contribution in [0.4, 0.5) is 0 Å². The monoisotopic (exact) mass is 573 g/mol. The molecular weight excluding hydrogens is 546 g/mol. The molecule has 1 aliphatic heterocycles.